The molecule has 0 aromatic heterocycles. The molecule has 0 unspecified atom stereocenters. The summed E-state index contributed by atoms with van der Waals surface area (Å²) in [5.41, 5.74) is 2.28. The minimum Gasteiger partial charge on any atom is -0.508 e. The highest BCUT2D eigenvalue weighted by Crippen LogP contribution is 2.38. The predicted octanol–water partition coefficient (Wildman–Crippen LogP) is 4.02. The second kappa shape index (κ2) is 6.90. The Morgan fingerprint density at radius 1 is 1.39 bits per heavy atom. The van der Waals surface area contributed by atoms with E-state index < -0.39 is 5.60 Å². The quantitative estimate of drug-likeness (QED) is 0.658. The Labute approximate surface area is 137 Å². The average molecular weight is 316 g/mol. The lowest BCUT2D eigenvalue weighted by Crippen LogP contribution is -2.32. The first-order valence-electron chi connectivity index (χ1n) is 7.77. The first kappa shape index (κ1) is 17.1. The molecule has 1 atom stereocenters. The summed E-state index contributed by atoms with van der Waals surface area (Å²) < 4.78 is 10.9. The molecule has 1 N–H and O–H groups in total. The van der Waals surface area contributed by atoms with E-state index in [1.807, 2.05) is 19.1 Å². The van der Waals surface area contributed by atoms with Crippen LogP contribution in [-0.4, -0.2) is 23.8 Å². The van der Waals surface area contributed by atoms with Crippen molar-refractivity contribution >= 4 is 12.0 Å². The lowest BCUT2D eigenvalue weighted by atomic mass is 9.93. The summed E-state index contributed by atoms with van der Waals surface area (Å²) in [4.78, 5) is 11.6. The molecular weight excluding hydrogens is 292 g/mol. The van der Waals surface area contributed by atoms with Gasteiger partial charge in [-0.2, -0.15) is 0 Å². The Balaban J connectivity index is 2.27. The van der Waals surface area contributed by atoms with Crippen LogP contribution in [0.1, 0.15) is 44.7 Å². The van der Waals surface area contributed by atoms with Crippen molar-refractivity contribution in [3.05, 3.63) is 41.0 Å². The van der Waals surface area contributed by atoms with Gasteiger partial charge in [-0.05, 0) is 51.8 Å². The molecule has 1 aromatic rings. The molecule has 0 spiro atoms. The minimum absolute atomic E-state index is 0.0745. The van der Waals surface area contributed by atoms with Gasteiger partial charge in [0.15, 0.2) is 0 Å². The molecule has 1 aliphatic heterocycles. The summed E-state index contributed by atoms with van der Waals surface area (Å²) in [6.45, 7) is 6.18. The number of phenolic OH excluding ortho intramolecular Hbond substituents is 1. The van der Waals surface area contributed by atoms with Gasteiger partial charge < -0.3 is 14.6 Å². The van der Waals surface area contributed by atoms with Gasteiger partial charge in [-0.25, -0.2) is 0 Å². The number of methoxy groups -OCH3 is 1. The van der Waals surface area contributed by atoms with Gasteiger partial charge in [-0.3, -0.25) is 4.79 Å². The Hall–Kier alpha value is -2.23. The fourth-order valence-corrected chi connectivity index (χ4v) is 2.62. The van der Waals surface area contributed by atoms with E-state index in [2.05, 4.69) is 19.9 Å². The van der Waals surface area contributed by atoms with Crippen molar-refractivity contribution in [2.45, 2.75) is 45.6 Å². The van der Waals surface area contributed by atoms with Gasteiger partial charge in [0.25, 0.3) is 0 Å². The van der Waals surface area contributed by atoms with E-state index in [9.17, 15) is 9.90 Å². The van der Waals surface area contributed by atoms with Crippen LogP contribution in [0.25, 0.3) is 6.08 Å². The van der Waals surface area contributed by atoms with E-state index in [1.165, 1.54) is 12.7 Å². The van der Waals surface area contributed by atoms with E-state index >= 15 is 0 Å². The van der Waals surface area contributed by atoms with Crippen LogP contribution in [0.5, 0.6) is 11.5 Å². The van der Waals surface area contributed by atoms with Gasteiger partial charge in [0.05, 0.1) is 13.5 Å². The fraction of sp³-hybridized carbons (Fsp3) is 0.421. The number of phenols is 1. The molecule has 0 radical (unpaired) electrons. The summed E-state index contributed by atoms with van der Waals surface area (Å²) in [5, 5.41) is 9.84. The zero-order valence-electron chi connectivity index (χ0n) is 14.2. The van der Waals surface area contributed by atoms with E-state index in [-0.39, 0.29) is 18.1 Å². The molecule has 23 heavy (non-hydrogen) atoms. The summed E-state index contributed by atoms with van der Waals surface area (Å²) >= 11 is 0. The van der Waals surface area contributed by atoms with Crippen LogP contribution < -0.4 is 4.74 Å². The third kappa shape index (κ3) is 4.38. The predicted molar refractivity (Wildman–Crippen MR) is 90.6 cm³/mol. The third-order valence-corrected chi connectivity index (χ3v) is 3.89. The van der Waals surface area contributed by atoms with Crippen LogP contribution in [0.4, 0.5) is 0 Å². The van der Waals surface area contributed by atoms with Gasteiger partial charge in [0.2, 0.25) is 0 Å². The molecular formula is C19H24O4. The zero-order valence-corrected chi connectivity index (χ0v) is 14.2. The molecule has 4 heteroatoms. The molecule has 1 heterocycles. The molecule has 1 aliphatic rings. The van der Waals surface area contributed by atoms with E-state index in [0.717, 1.165) is 18.4 Å². The van der Waals surface area contributed by atoms with Crippen molar-refractivity contribution < 1.29 is 19.4 Å². The zero-order chi connectivity index (χ0) is 17.0. The summed E-state index contributed by atoms with van der Waals surface area (Å²) in [7, 11) is 1.35. The number of esters is 1. The van der Waals surface area contributed by atoms with Gasteiger partial charge in [-0.15, -0.1) is 0 Å². The summed E-state index contributed by atoms with van der Waals surface area (Å²) in [5.74, 6) is 0.404. The molecule has 0 saturated carbocycles. The average Bonchev–Trinajstić information content (AvgIpc) is 2.47. The lowest BCUT2D eigenvalue weighted by Gasteiger charge is -2.33. The largest absolute Gasteiger partial charge is 0.508 e. The standard InChI is InChI=1S/C19H24O4/c1-13(2)6-5-8-19(3)9-7-14-10-16(20)11-15(18(14)23-19)12-17(21)22-4/h6-7,9-11,20H,5,8,12H2,1-4H3/t19-/m0/s1. The number of aromatic hydroxyl groups is 1. The normalized spacial score (nSPS) is 18.8. The van der Waals surface area contributed by atoms with Crippen molar-refractivity contribution in [3.8, 4) is 11.5 Å². The molecule has 0 fully saturated rings. The molecule has 0 saturated heterocycles. The first-order valence-corrected chi connectivity index (χ1v) is 7.77. The number of allylic oxidation sites excluding steroid dienone is 2. The number of hydrogen-bond donors (Lipinski definition) is 1. The number of benzene rings is 1. The van der Waals surface area contributed by atoms with E-state index in [0.29, 0.717) is 11.3 Å². The van der Waals surface area contributed by atoms with Crippen LogP contribution in [-0.2, 0) is 16.0 Å². The van der Waals surface area contributed by atoms with Crippen LogP contribution >= 0.6 is 0 Å². The highest BCUT2D eigenvalue weighted by Gasteiger charge is 2.29. The molecule has 4 nitrogen and oxygen atoms in total. The van der Waals surface area contributed by atoms with Crippen molar-refractivity contribution in [2.24, 2.45) is 0 Å². The second-order valence-electron chi connectivity index (χ2n) is 6.34. The molecule has 0 bridgehead atoms. The number of fused-ring (bicyclic) bond motifs is 1. The molecule has 124 valence electrons. The number of carbonyl (C=O) groups is 1. The van der Waals surface area contributed by atoms with Crippen molar-refractivity contribution in [3.63, 3.8) is 0 Å². The summed E-state index contributed by atoms with van der Waals surface area (Å²) in [6.07, 6.45) is 7.97. The van der Waals surface area contributed by atoms with Crippen LogP contribution in [0.15, 0.2) is 29.9 Å². The maximum absolute atomic E-state index is 11.6. The van der Waals surface area contributed by atoms with Crippen molar-refractivity contribution in [1.29, 1.82) is 0 Å². The molecule has 2 rings (SSSR count). The Bertz CT molecular complexity index is 654. The maximum atomic E-state index is 11.6. The van der Waals surface area contributed by atoms with E-state index in [1.54, 1.807) is 12.1 Å². The Kier molecular flexibility index (Phi) is 5.14. The highest BCUT2D eigenvalue weighted by atomic mass is 16.5. The number of rotatable bonds is 5. The van der Waals surface area contributed by atoms with E-state index in [4.69, 9.17) is 9.47 Å². The monoisotopic (exact) mass is 316 g/mol. The second-order valence-corrected chi connectivity index (χ2v) is 6.34. The maximum Gasteiger partial charge on any atom is 0.310 e. The van der Waals surface area contributed by atoms with Crippen molar-refractivity contribution in [1.82, 2.24) is 0 Å². The van der Waals surface area contributed by atoms with Gasteiger partial charge in [0, 0.05) is 11.1 Å². The minimum atomic E-state index is -0.430. The van der Waals surface area contributed by atoms with Gasteiger partial charge in [-0.1, -0.05) is 17.7 Å². The lowest BCUT2D eigenvalue weighted by molar-refractivity contribution is -0.139. The van der Waals surface area contributed by atoms with Crippen LogP contribution in [0.2, 0.25) is 0 Å². The number of ether oxygens (including phenoxy) is 2. The number of hydrogen-bond acceptors (Lipinski definition) is 4. The van der Waals surface area contributed by atoms with Crippen molar-refractivity contribution in [2.75, 3.05) is 7.11 Å². The molecule has 0 amide bonds. The van der Waals surface area contributed by atoms with Crippen LogP contribution in [0, 0.1) is 0 Å². The first-order chi connectivity index (χ1) is 10.8. The SMILES string of the molecule is COC(=O)Cc1cc(O)cc2c1O[C@@](C)(CCC=C(C)C)C=C2. The van der Waals surface area contributed by atoms with Gasteiger partial charge >= 0.3 is 5.97 Å². The molecule has 0 aliphatic carbocycles. The van der Waals surface area contributed by atoms with Gasteiger partial charge in [0.1, 0.15) is 17.1 Å². The summed E-state index contributed by atoms with van der Waals surface area (Å²) in [6, 6.07) is 3.20. The highest BCUT2D eigenvalue weighted by molar-refractivity contribution is 5.76. The smallest absolute Gasteiger partial charge is 0.310 e. The number of carbonyl (C=O) groups excluding carboxylic acids is 1. The fourth-order valence-electron chi connectivity index (χ4n) is 2.62. The third-order valence-electron chi connectivity index (χ3n) is 3.89. The van der Waals surface area contributed by atoms with Crippen LogP contribution in [0.3, 0.4) is 0 Å². The Morgan fingerprint density at radius 2 is 2.13 bits per heavy atom. The molecule has 1 aromatic carbocycles. The Morgan fingerprint density at radius 3 is 2.78 bits per heavy atom. The topological polar surface area (TPSA) is 55.8 Å².